The maximum Gasteiger partial charge on any atom is 0.341 e. The fraction of sp³-hybridized carbons (Fsp3) is 0.300. The van der Waals surface area contributed by atoms with Crippen molar-refractivity contribution in [2.45, 2.75) is 50.1 Å². The van der Waals surface area contributed by atoms with Crippen LogP contribution in [0.25, 0.3) is 5.69 Å². The zero-order valence-corrected chi connectivity index (χ0v) is 26.3. The number of fused-ring (bicyclic) bond motifs is 1. The third kappa shape index (κ3) is 6.83. The quantitative estimate of drug-likeness (QED) is 0.0926. The molecule has 234 valence electrons. The number of esters is 1. The number of amides is 2. The summed E-state index contributed by atoms with van der Waals surface area (Å²) in [4.78, 5) is 51.0. The van der Waals surface area contributed by atoms with Crippen molar-refractivity contribution in [1.29, 1.82) is 0 Å². The second-order valence-electron chi connectivity index (χ2n) is 9.92. The van der Waals surface area contributed by atoms with Crippen molar-refractivity contribution in [2.75, 3.05) is 19.0 Å². The first-order chi connectivity index (χ1) is 21.7. The van der Waals surface area contributed by atoms with Gasteiger partial charge in [0.2, 0.25) is 5.91 Å². The molecular weight excluding hydrogens is 620 g/mol. The highest BCUT2D eigenvalue weighted by atomic mass is 32.2. The number of ether oxygens (including phenoxy) is 2. The Bertz CT molecular complexity index is 1750. The fourth-order valence-corrected chi connectivity index (χ4v) is 7.06. The first-order valence-corrected chi connectivity index (χ1v) is 15.8. The molecule has 0 radical (unpaired) electrons. The van der Waals surface area contributed by atoms with Gasteiger partial charge in [0.25, 0.3) is 11.6 Å². The van der Waals surface area contributed by atoms with Crippen molar-refractivity contribution in [3.05, 3.63) is 86.0 Å². The zero-order chi connectivity index (χ0) is 32.1. The number of nitro groups is 1. The Morgan fingerprint density at radius 1 is 1.13 bits per heavy atom. The van der Waals surface area contributed by atoms with Crippen molar-refractivity contribution in [2.24, 2.45) is 0 Å². The van der Waals surface area contributed by atoms with Gasteiger partial charge >= 0.3 is 5.97 Å². The van der Waals surface area contributed by atoms with E-state index >= 15 is 0 Å². The fourth-order valence-electron chi connectivity index (χ4n) is 4.90. The van der Waals surface area contributed by atoms with E-state index in [2.05, 4.69) is 20.8 Å². The number of nitrogens with one attached hydrogen (secondary N) is 2. The molecule has 0 aliphatic heterocycles. The predicted octanol–water partition coefficient (Wildman–Crippen LogP) is 4.96. The summed E-state index contributed by atoms with van der Waals surface area (Å²) in [6, 6.07) is 12.6. The summed E-state index contributed by atoms with van der Waals surface area (Å²) in [7, 11) is 1.47. The molecule has 0 saturated heterocycles. The van der Waals surface area contributed by atoms with E-state index in [9.17, 15) is 24.5 Å². The summed E-state index contributed by atoms with van der Waals surface area (Å²) >= 11 is 2.51. The summed E-state index contributed by atoms with van der Waals surface area (Å²) in [5.41, 5.74) is 2.10. The number of hydrogen-bond acceptors (Lipinski definition) is 11. The zero-order valence-electron chi connectivity index (χ0n) is 24.7. The van der Waals surface area contributed by atoms with Gasteiger partial charge in [0.05, 0.1) is 41.6 Å². The summed E-state index contributed by atoms with van der Waals surface area (Å²) in [5, 5.41) is 25.6. The molecule has 0 unspecified atom stereocenters. The Hall–Kier alpha value is -4.76. The van der Waals surface area contributed by atoms with E-state index in [0.717, 1.165) is 41.5 Å². The number of thioether (sulfide) groups is 1. The van der Waals surface area contributed by atoms with Crippen molar-refractivity contribution in [3.63, 3.8) is 0 Å². The van der Waals surface area contributed by atoms with Crippen LogP contribution in [0.1, 0.15) is 57.2 Å². The smallest absolute Gasteiger partial charge is 0.341 e. The summed E-state index contributed by atoms with van der Waals surface area (Å²) in [6.07, 6.45) is 2.56. The van der Waals surface area contributed by atoms with Gasteiger partial charge in [0.15, 0.2) is 11.0 Å². The van der Waals surface area contributed by atoms with Gasteiger partial charge in [-0.2, -0.15) is 0 Å². The molecule has 0 bridgehead atoms. The van der Waals surface area contributed by atoms with E-state index < -0.39 is 22.0 Å². The number of carbonyl (C=O) groups is 3. The predicted molar refractivity (Wildman–Crippen MR) is 168 cm³/mol. The van der Waals surface area contributed by atoms with Crippen LogP contribution >= 0.6 is 23.1 Å². The van der Waals surface area contributed by atoms with E-state index in [1.165, 1.54) is 30.6 Å². The normalized spacial score (nSPS) is 12.7. The standard InChI is InChI=1S/C30H30N6O7S2/c1-4-43-29(39)25-21-9-7-11-23(21)45-28(25)32-26(37)17(2)44-30-34-33-24(35(30)18-12-14-19(15-13-18)36(40)41)16-31-27(38)20-8-5-6-10-22(20)42-3/h5-6,8,10,12-15,17H,4,7,9,11,16H2,1-3H3,(H,31,38)(H,32,37)/t17-/m0/s1. The van der Waals surface area contributed by atoms with Crippen molar-refractivity contribution in [3.8, 4) is 11.4 Å². The number of nitro benzene ring substituents is 1. The molecule has 0 spiro atoms. The molecule has 1 aliphatic rings. The second-order valence-corrected chi connectivity index (χ2v) is 12.3. The van der Waals surface area contributed by atoms with Gasteiger partial charge < -0.3 is 20.1 Å². The highest BCUT2D eigenvalue weighted by Gasteiger charge is 2.30. The topological polar surface area (TPSA) is 168 Å². The average molecular weight is 651 g/mol. The van der Waals surface area contributed by atoms with Gasteiger partial charge in [-0.25, -0.2) is 4.79 Å². The van der Waals surface area contributed by atoms with Gasteiger partial charge in [-0.1, -0.05) is 23.9 Å². The first-order valence-electron chi connectivity index (χ1n) is 14.1. The van der Waals surface area contributed by atoms with Crippen LogP contribution in [0, 0.1) is 10.1 Å². The largest absolute Gasteiger partial charge is 0.496 e. The van der Waals surface area contributed by atoms with Crippen LogP contribution in [0.15, 0.2) is 53.7 Å². The van der Waals surface area contributed by atoms with Gasteiger partial charge in [-0.3, -0.25) is 24.3 Å². The third-order valence-corrected chi connectivity index (χ3v) is 9.32. The number of non-ortho nitro benzene ring substituents is 1. The van der Waals surface area contributed by atoms with E-state index in [4.69, 9.17) is 9.47 Å². The minimum Gasteiger partial charge on any atom is -0.496 e. The molecule has 0 fully saturated rings. The molecule has 13 nitrogen and oxygen atoms in total. The van der Waals surface area contributed by atoms with Crippen LogP contribution in [-0.2, 0) is 28.9 Å². The lowest BCUT2D eigenvalue weighted by Crippen LogP contribution is -2.25. The van der Waals surface area contributed by atoms with Crippen molar-refractivity contribution in [1.82, 2.24) is 20.1 Å². The third-order valence-electron chi connectivity index (χ3n) is 7.07. The molecule has 1 atom stereocenters. The Kier molecular flexibility index (Phi) is 9.78. The maximum absolute atomic E-state index is 13.4. The lowest BCUT2D eigenvalue weighted by Gasteiger charge is -2.15. The van der Waals surface area contributed by atoms with E-state index in [0.29, 0.717) is 38.5 Å². The van der Waals surface area contributed by atoms with Gasteiger partial charge in [-0.15, -0.1) is 21.5 Å². The number of aromatic nitrogens is 3. The summed E-state index contributed by atoms with van der Waals surface area (Å²) in [5.74, 6) is -0.459. The number of nitrogens with zero attached hydrogens (tertiary/aromatic N) is 4. The number of para-hydroxylation sites is 1. The van der Waals surface area contributed by atoms with Crippen LogP contribution < -0.4 is 15.4 Å². The van der Waals surface area contributed by atoms with Crippen LogP contribution in [0.3, 0.4) is 0 Å². The Morgan fingerprint density at radius 2 is 1.89 bits per heavy atom. The number of aryl methyl sites for hydroxylation is 1. The molecule has 5 rings (SSSR count). The van der Waals surface area contributed by atoms with Gasteiger partial charge in [0.1, 0.15) is 10.8 Å². The lowest BCUT2D eigenvalue weighted by molar-refractivity contribution is -0.384. The molecule has 0 saturated carbocycles. The van der Waals surface area contributed by atoms with Crippen molar-refractivity contribution < 1.29 is 28.8 Å². The highest BCUT2D eigenvalue weighted by Crippen LogP contribution is 2.40. The van der Waals surface area contributed by atoms with Crippen LogP contribution in [-0.4, -0.2) is 56.4 Å². The van der Waals surface area contributed by atoms with E-state index in [-0.39, 0.29) is 24.7 Å². The number of thiophene rings is 1. The molecule has 2 N–H and O–H groups in total. The number of benzene rings is 2. The number of anilines is 1. The van der Waals surface area contributed by atoms with E-state index in [1.54, 1.807) is 54.8 Å². The lowest BCUT2D eigenvalue weighted by atomic mass is 10.1. The minimum atomic E-state index is -0.686. The molecule has 2 amide bonds. The molecule has 2 aromatic carbocycles. The Morgan fingerprint density at radius 3 is 2.60 bits per heavy atom. The first kappa shape index (κ1) is 31.7. The molecule has 1 aliphatic carbocycles. The Balaban J connectivity index is 1.39. The molecule has 4 aromatic rings. The highest BCUT2D eigenvalue weighted by molar-refractivity contribution is 8.00. The van der Waals surface area contributed by atoms with Gasteiger partial charge in [0, 0.05) is 22.7 Å². The van der Waals surface area contributed by atoms with Crippen molar-refractivity contribution >= 4 is 51.6 Å². The van der Waals surface area contributed by atoms with Crippen LogP contribution in [0.2, 0.25) is 0 Å². The number of carbonyl (C=O) groups excluding carboxylic acids is 3. The SMILES string of the molecule is CCOC(=O)c1c(NC(=O)[C@H](C)Sc2nnc(CNC(=O)c3ccccc3OC)n2-c2ccc([N+](=O)[O-])cc2)sc2c1CCC2. The summed E-state index contributed by atoms with van der Waals surface area (Å²) < 4.78 is 12.2. The van der Waals surface area contributed by atoms with Crippen LogP contribution in [0.5, 0.6) is 5.75 Å². The second kappa shape index (κ2) is 13.9. The van der Waals surface area contributed by atoms with E-state index in [1.807, 2.05) is 0 Å². The maximum atomic E-state index is 13.4. The minimum absolute atomic E-state index is 0.0361. The molecule has 45 heavy (non-hydrogen) atoms. The number of rotatable bonds is 12. The number of hydrogen-bond donors (Lipinski definition) is 2. The van der Waals surface area contributed by atoms with Gasteiger partial charge in [-0.05, 0) is 62.9 Å². The molecular formula is C30H30N6O7S2. The Labute approximate surface area is 266 Å². The molecule has 2 aromatic heterocycles. The summed E-state index contributed by atoms with van der Waals surface area (Å²) in [6.45, 7) is 3.62. The monoisotopic (exact) mass is 650 g/mol. The molecule has 2 heterocycles. The van der Waals surface area contributed by atoms with Crippen LogP contribution in [0.4, 0.5) is 10.7 Å². The molecule has 15 heteroatoms. The average Bonchev–Trinajstić information content (AvgIpc) is 3.74. The number of methoxy groups -OCH3 is 1.